The van der Waals surface area contributed by atoms with Gasteiger partial charge in [0.15, 0.2) is 30.7 Å². The van der Waals surface area contributed by atoms with Gasteiger partial charge in [-0.15, -0.1) is 0 Å². The summed E-state index contributed by atoms with van der Waals surface area (Å²) in [5, 5.41) is 43.8. The molecule has 2 amide bonds. The van der Waals surface area contributed by atoms with Crippen molar-refractivity contribution < 1.29 is 116 Å². The first-order valence-electron chi connectivity index (χ1n) is 29.3. The summed E-state index contributed by atoms with van der Waals surface area (Å²) in [6, 6.07) is -3.23. The largest absolute Gasteiger partial charge is 0.463 e. The number of carbonyl (C=O) groups is 10. The highest BCUT2D eigenvalue weighted by molar-refractivity contribution is 6.63. The van der Waals surface area contributed by atoms with E-state index in [1.165, 1.54) is 27.7 Å². The number of nitrogens with two attached hydrogens (primary N) is 1. The van der Waals surface area contributed by atoms with E-state index >= 15 is 0 Å². The fourth-order valence-electron chi connectivity index (χ4n) is 9.61. The van der Waals surface area contributed by atoms with Crippen LogP contribution in [0.15, 0.2) is 0 Å². The molecule has 0 aliphatic carbocycles. The SMILES string of the molecule is CC(=O)OCC1OC(OC(C)=O)C(N)C(OC(C)=O)C1OC(C)=O.CCCC(CCC)C(=O)Cl.CCCC(CCC)C(=O)NC1C(O)OC(CO)C(O)C1O.CCCC(CCC)C(=O)NC1C(OC(C)=O)OC(CC)C(OC(C)=O)C1OC(C)=O. The van der Waals surface area contributed by atoms with Crippen molar-refractivity contribution >= 4 is 70.4 Å². The minimum atomic E-state index is -1.46. The zero-order valence-corrected chi connectivity index (χ0v) is 52.7. The van der Waals surface area contributed by atoms with Gasteiger partial charge in [0.05, 0.1) is 6.61 Å². The summed E-state index contributed by atoms with van der Waals surface area (Å²) < 4.78 is 52.5. The van der Waals surface area contributed by atoms with Gasteiger partial charge in [0.25, 0.3) is 0 Å². The van der Waals surface area contributed by atoms with Crippen LogP contribution in [0.1, 0.15) is 180 Å². The normalized spacial score (nSPS) is 26.9. The van der Waals surface area contributed by atoms with Gasteiger partial charge in [-0.3, -0.25) is 47.9 Å². The smallest absolute Gasteiger partial charge is 0.305 e. The fraction of sp³-hybridized carbons (Fsp3) is 0.825. The molecule has 3 fully saturated rings. The molecule has 15 unspecified atom stereocenters. The average Bonchev–Trinajstić information content (AvgIpc) is 1.71. The molecule has 8 N–H and O–H groups in total. The maximum atomic E-state index is 13.0. The first-order valence-corrected chi connectivity index (χ1v) is 29.6. The lowest BCUT2D eigenvalue weighted by molar-refractivity contribution is -0.267. The number of esters is 7. The standard InChI is InChI=1S/C21H35NO8.C14H21NO9.C14H27NO6.C8H15ClO/c1-7-10-15(11-8-2)20(26)22-17-19(28-13(5)24)18(27-12(4)23)16(9-3)30-21(17)29-14(6)25;1-6(16)20-5-10-12(21-7(2)17)13(22-8(3)18)11(15)14(24-10)23-9(4)19;1-3-5-8(6-4-2)13(19)15-10-12(18)11(17)9(7-16)21-14(10)20;1-3-5-7(6-4-2)8(9)10/h15-19,21H,7-11H2,1-6H3,(H,22,26);10-14H,5,15H2,1-4H3;8-12,14,16-18,20H,3-7H2,1-2H3,(H,15,19);7H,3-6H2,1-2H3. The number of rotatable bonds is 27. The van der Waals surface area contributed by atoms with Crippen LogP contribution in [0.2, 0.25) is 0 Å². The number of amides is 2. The third kappa shape index (κ3) is 29.4. The number of carbonyl (C=O) groups excluding carboxylic acids is 10. The average molecular weight is 1240 g/mol. The predicted molar refractivity (Wildman–Crippen MR) is 303 cm³/mol. The number of ether oxygens (including phenoxy) is 10. The Labute approximate surface area is 504 Å². The second kappa shape index (κ2) is 42.7. The Bertz CT molecular complexity index is 2040. The molecule has 492 valence electrons. The van der Waals surface area contributed by atoms with E-state index in [0.29, 0.717) is 19.3 Å². The highest BCUT2D eigenvalue weighted by atomic mass is 35.5. The lowest BCUT2D eigenvalue weighted by Gasteiger charge is -2.45. The van der Waals surface area contributed by atoms with Crippen LogP contribution in [-0.2, 0) is 95.3 Å². The van der Waals surface area contributed by atoms with Crippen molar-refractivity contribution in [3.05, 3.63) is 0 Å². The van der Waals surface area contributed by atoms with E-state index in [4.69, 9.17) is 69.8 Å². The number of aliphatic hydroxyl groups is 4. The van der Waals surface area contributed by atoms with Gasteiger partial charge in [-0.25, -0.2) is 0 Å². The van der Waals surface area contributed by atoms with E-state index in [0.717, 1.165) is 85.0 Å². The van der Waals surface area contributed by atoms with Crippen LogP contribution >= 0.6 is 11.6 Å². The summed E-state index contributed by atoms with van der Waals surface area (Å²) in [4.78, 5) is 116. The highest BCUT2D eigenvalue weighted by Gasteiger charge is 2.53. The fourth-order valence-corrected chi connectivity index (χ4v) is 9.83. The summed E-state index contributed by atoms with van der Waals surface area (Å²) >= 11 is 5.36. The van der Waals surface area contributed by atoms with Crippen LogP contribution in [-0.4, -0.2) is 184 Å². The molecule has 3 saturated heterocycles. The molecule has 85 heavy (non-hydrogen) atoms. The summed E-state index contributed by atoms with van der Waals surface area (Å²) in [5.41, 5.74) is 5.93. The quantitative estimate of drug-likeness (QED) is 0.0352. The van der Waals surface area contributed by atoms with Gasteiger partial charge in [-0.1, -0.05) is 87.0 Å². The Balaban J connectivity index is 0.00000117. The molecule has 0 spiro atoms. The predicted octanol–water partition coefficient (Wildman–Crippen LogP) is 3.36. The van der Waals surface area contributed by atoms with Gasteiger partial charge < -0.3 is 84.2 Å². The summed E-state index contributed by atoms with van der Waals surface area (Å²) in [5.74, 6) is -5.26. The Morgan fingerprint density at radius 3 is 1.20 bits per heavy atom. The molecular formula is C57H98ClN3O24. The molecule has 3 heterocycles. The van der Waals surface area contributed by atoms with Crippen molar-refractivity contribution in [1.29, 1.82) is 0 Å². The molecule has 3 rings (SSSR count). The monoisotopic (exact) mass is 1240 g/mol. The molecule has 27 nitrogen and oxygen atoms in total. The minimum Gasteiger partial charge on any atom is -0.463 e. The topological polar surface area (TPSA) is 394 Å². The number of nitrogens with one attached hydrogen (secondary N) is 2. The Morgan fingerprint density at radius 2 is 0.824 bits per heavy atom. The molecule has 0 aromatic carbocycles. The summed E-state index contributed by atoms with van der Waals surface area (Å²) in [7, 11) is 0. The van der Waals surface area contributed by atoms with Crippen LogP contribution in [0.25, 0.3) is 0 Å². The number of aliphatic hydroxyl groups excluding tert-OH is 4. The minimum absolute atomic E-state index is 0.108. The maximum absolute atomic E-state index is 13.0. The van der Waals surface area contributed by atoms with E-state index in [2.05, 4.69) is 24.5 Å². The first kappa shape index (κ1) is 79.9. The van der Waals surface area contributed by atoms with Crippen molar-refractivity contribution in [2.24, 2.45) is 23.5 Å². The zero-order valence-electron chi connectivity index (χ0n) is 51.9. The van der Waals surface area contributed by atoms with Gasteiger partial charge in [0.1, 0.15) is 55.3 Å². The summed E-state index contributed by atoms with van der Waals surface area (Å²) in [6.45, 7) is 21.4. The van der Waals surface area contributed by atoms with E-state index in [9.17, 15) is 63.3 Å². The van der Waals surface area contributed by atoms with E-state index < -0.39 is 140 Å². The second-order valence-electron chi connectivity index (χ2n) is 20.8. The van der Waals surface area contributed by atoms with Crippen LogP contribution in [0.3, 0.4) is 0 Å². The molecule has 0 aromatic rings. The van der Waals surface area contributed by atoms with Crippen LogP contribution < -0.4 is 16.4 Å². The number of hydrogen-bond acceptors (Lipinski definition) is 25. The second-order valence-corrected chi connectivity index (χ2v) is 21.2. The molecule has 28 heteroatoms. The molecule has 0 radical (unpaired) electrons. The van der Waals surface area contributed by atoms with Crippen molar-refractivity contribution in [3.63, 3.8) is 0 Å². The zero-order chi connectivity index (χ0) is 65.3. The lowest BCUT2D eigenvalue weighted by Crippen LogP contribution is -2.66. The maximum Gasteiger partial charge on any atom is 0.305 e. The molecular weight excluding hydrogens is 1150 g/mol. The summed E-state index contributed by atoms with van der Waals surface area (Å²) in [6.07, 6.45) is -3.17. The van der Waals surface area contributed by atoms with Crippen molar-refractivity contribution in [1.82, 2.24) is 10.6 Å². The van der Waals surface area contributed by atoms with Gasteiger partial charge >= 0.3 is 41.8 Å². The Morgan fingerprint density at radius 1 is 0.459 bits per heavy atom. The van der Waals surface area contributed by atoms with Crippen molar-refractivity contribution in [2.75, 3.05) is 13.2 Å². The third-order valence-electron chi connectivity index (χ3n) is 13.4. The first-order chi connectivity index (χ1) is 39.9. The van der Waals surface area contributed by atoms with E-state index in [1.807, 2.05) is 27.7 Å². The molecule has 15 atom stereocenters. The molecule has 3 aliphatic heterocycles. The Kier molecular flexibility index (Phi) is 40.1. The van der Waals surface area contributed by atoms with Crippen molar-refractivity contribution in [2.45, 2.75) is 272 Å². The molecule has 0 saturated carbocycles. The highest BCUT2D eigenvalue weighted by Crippen LogP contribution is 2.31. The van der Waals surface area contributed by atoms with Crippen LogP contribution in [0, 0.1) is 17.8 Å². The van der Waals surface area contributed by atoms with Crippen molar-refractivity contribution in [3.8, 4) is 0 Å². The van der Waals surface area contributed by atoms with Gasteiger partial charge in [-0.05, 0) is 56.5 Å². The Hall–Kier alpha value is -5.13. The molecule has 0 bridgehead atoms. The molecule has 0 aromatic heterocycles. The van der Waals surface area contributed by atoms with Crippen LogP contribution in [0.5, 0.6) is 0 Å². The number of halogens is 1. The number of hydrogen-bond donors (Lipinski definition) is 7. The van der Waals surface area contributed by atoms with Crippen LogP contribution in [0.4, 0.5) is 0 Å². The molecule has 3 aliphatic rings. The van der Waals surface area contributed by atoms with E-state index in [-0.39, 0.29) is 41.4 Å². The lowest BCUT2D eigenvalue weighted by atomic mass is 9.92. The van der Waals surface area contributed by atoms with E-state index in [1.54, 1.807) is 6.92 Å². The van der Waals surface area contributed by atoms with Gasteiger partial charge in [0, 0.05) is 66.2 Å². The third-order valence-corrected chi connectivity index (χ3v) is 13.7. The van der Waals surface area contributed by atoms with Gasteiger partial charge in [0.2, 0.25) is 29.6 Å². The van der Waals surface area contributed by atoms with Gasteiger partial charge in [-0.2, -0.15) is 0 Å².